The standard InChI is InChI=1S/C31H24ClN3O3/c1-20-8-17-27(21(2)18-20)35-30(25-13-15-26(32)16-14-25)33-29(34-35)31(37)38-19-28(36)24-11-9-23(10-12-24)22-6-4-3-5-7-22/h3-18H,19H2,1-2H3. The molecule has 0 amide bonds. The number of Topliss-reactive ketones (excluding diaryl/α,β-unsaturated/α-hetero) is 1. The predicted octanol–water partition coefficient (Wildman–Crippen LogP) is 6.91. The number of hydrogen-bond donors (Lipinski definition) is 0. The third-order valence-corrected chi connectivity index (χ3v) is 6.37. The number of nitrogens with zero attached hydrogens (tertiary/aromatic N) is 3. The van der Waals surface area contributed by atoms with Crippen LogP contribution >= 0.6 is 11.6 Å². The summed E-state index contributed by atoms with van der Waals surface area (Å²) in [6, 6.07) is 30.1. The number of aryl methyl sites for hydroxylation is 2. The van der Waals surface area contributed by atoms with Crippen LogP contribution in [-0.2, 0) is 4.74 Å². The molecule has 0 saturated heterocycles. The molecule has 1 aromatic heterocycles. The Bertz CT molecular complexity index is 1610. The van der Waals surface area contributed by atoms with Gasteiger partial charge < -0.3 is 4.74 Å². The molecule has 4 aromatic carbocycles. The zero-order chi connectivity index (χ0) is 26.6. The van der Waals surface area contributed by atoms with Crippen LogP contribution in [0.2, 0.25) is 5.02 Å². The van der Waals surface area contributed by atoms with Gasteiger partial charge in [0.15, 0.2) is 18.2 Å². The summed E-state index contributed by atoms with van der Waals surface area (Å²) in [6.45, 7) is 3.56. The number of benzene rings is 4. The van der Waals surface area contributed by atoms with Crippen LogP contribution in [0.25, 0.3) is 28.2 Å². The second-order valence-electron chi connectivity index (χ2n) is 8.91. The van der Waals surface area contributed by atoms with Crippen molar-refractivity contribution in [2.24, 2.45) is 0 Å². The van der Waals surface area contributed by atoms with Gasteiger partial charge in [-0.2, -0.15) is 0 Å². The number of carbonyl (C=O) groups is 2. The van der Waals surface area contributed by atoms with Crippen molar-refractivity contribution >= 4 is 23.4 Å². The zero-order valence-corrected chi connectivity index (χ0v) is 21.6. The van der Waals surface area contributed by atoms with E-state index in [1.165, 1.54) is 0 Å². The molecule has 5 aromatic rings. The summed E-state index contributed by atoms with van der Waals surface area (Å²) in [5, 5.41) is 5.04. The van der Waals surface area contributed by atoms with Gasteiger partial charge in [-0.3, -0.25) is 4.79 Å². The maximum atomic E-state index is 12.9. The molecule has 188 valence electrons. The predicted molar refractivity (Wildman–Crippen MR) is 148 cm³/mol. The van der Waals surface area contributed by atoms with Crippen molar-refractivity contribution in [3.8, 4) is 28.2 Å². The third-order valence-electron chi connectivity index (χ3n) is 6.12. The van der Waals surface area contributed by atoms with Crippen molar-refractivity contribution < 1.29 is 14.3 Å². The van der Waals surface area contributed by atoms with E-state index in [0.29, 0.717) is 16.4 Å². The number of ether oxygens (including phenoxy) is 1. The lowest BCUT2D eigenvalue weighted by Gasteiger charge is -2.10. The highest BCUT2D eigenvalue weighted by atomic mass is 35.5. The topological polar surface area (TPSA) is 74.1 Å². The number of halogens is 1. The minimum Gasteiger partial charge on any atom is -0.451 e. The Labute approximate surface area is 225 Å². The summed E-state index contributed by atoms with van der Waals surface area (Å²) in [5.41, 5.74) is 6.09. The van der Waals surface area contributed by atoms with Crippen LogP contribution in [0, 0.1) is 13.8 Å². The van der Waals surface area contributed by atoms with Crippen molar-refractivity contribution in [1.82, 2.24) is 14.8 Å². The summed E-state index contributed by atoms with van der Waals surface area (Å²) in [7, 11) is 0. The van der Waals surface area contributed by atoms with Crippen molar-refractivity contribution in [3.05, 3.63) is 125 Å². The Morgan fingerprint density at radius 3 is 2.16 bits per heavy atom. The number of rotatable bonds is 7. The minimum atomic E-state index is -0.780. The molecule has 0 atom stereocenters. The highest BCUT2D eigenvalue weighted by Crippen LogP contribution is 2.25. The molecule has 0 aliphatic rings. The van der Waals surface area contributed by atoms with Gasteiger partial charge in [-0.15, -0.1) is 5.10 Å². The Hall–Kier alpha value is -4.55. The summed E-state index contributed by atoms with van der Waals surface area (Å²) >= 11 is 6.07. The van der Waals surface area contributed by atoms with E-state index in [2.05, 4.69) is 10.1 Å². The molecule has 0 aliphatic heterocycles. The van der Waals surface area contributed by atoms with Crippen LogP contribution in [0.5, 0.6) is 0 Å². The molecule has 0 aliphatic carbocycles. The van der Waals surface area contributed by atoms with Gasteiger partial charge in [0.2, 0.25) is 0 Å². The highest BCUT2D eigenvalue weighted by molar-refractivity contribution is 6.30. The number of hydrogen-bond acceptors (Lipinski definition) is 5. The average molecular weight is 522 g/mol. The molecule has 38 heavy (non-hydrogen) atoms. The lowest BCUT2D eigenvalue weighted by atomic mass is 10.0. The molecular weight excluding hydrogens is 498 g/mol. The van der Waals surface area contributed by atoms with E-state index >= 15 is 0 Å². The van der Waals surface area contributed by atoms with E-state index < -0.39 is 12.6 Å². The summed E-state index contributed by atoms with van der Waals surface area (Å²) in [4.78, 5) is 30.1. The molecule has 0 N–H and O–H groups in total. The summed E-state index contributed by atoms with van der Waals surface area (Å²) < 4.78 is 6.93. The SMILES string of the molecule is Cc1ccc(-n2nc(C(=O)OCC(=O)c3ccc(-c4ccccc4)cc3)nc2-c2ccc(Cl)cc2)c(C)c1. The van der Waals surface area contributed by atoms with E-state index in [1.54, 1.807) is 28.9 Å². The first kappa shape index (κ1) is 25.1. The Morgan fingerprint density at radius 1 is 0.816 bits per heavy atom. The van der Waals surface area contributed by atoms with Crippen LogP contribution in [0.4, 0.5) is 0 Å². The van der Waals surface area contributed by atoms with Crippen LogP contribution in [0.1, 0.15) is 32.1 Å². The van der Waals surface area contributed by atoms with Gasteiger partial charge in [-0.1, -0.05) is 83.9 Å². The number of ketones is 1. The normalized spacial score (nSPS) is 10.8. The monoisotopic (exact) mass is 521 g/mol. The van der Waals surface area contributed by atoms with Gasteiger partial charge in [0.25, 0.3) is 5.82 Å². The molecule has 7 heteroatoms. The molecule has 0 saturated carbocycles. The summed E-state index contributed by atoms with van der Waals surface area (Å²) in [5.74, 6) is -0.770. The second kappa shape index (κ2) is 10.8. The lowest BCUT2D eigenvalue weighted by Crippen LogP contribution is -2.15. The van der Waals surface area contributed by atoms with Gasteiger partial charge in [0, 0.05) is 16.1 Å². The quantitative estimate of drug-likeness (QED) is 0.172. The van der Waals surface area contributed by atoms with Crippen molar-refractivity contribution in [2.45, 2.75) is 13.8 Å². The van der Waals surface area contributed by atoms with Crippen LogP contribution in [0.15, 0.2) is 97.1 Å². The number of aromatic nitrogens is 3. The second-order valence-corrected chi connectivity index (χ2v) is 9.35. The van der Waals surface area contributed by atoms with Gasteiger partial charge in [0.1, 0.15) is 0 Å². The van der Waals surface area contributed by atoms with Gasteiger partial charge in [-0.25, -0.2) is 14.5 Å². The zero-order valence-electron chi connectivity index (χ0n) is 20.9. The number of esters is 1. The molecule has 5 rings (SSSR count). The first-order valence-corrected chi connectivity index (χ1v) is 12.4. The van der Waals surface area contributed by atoms with E-state index in [1.807, 2.05) is 86.6 Å². The van der Waals surface area contributed by atoms with Crippen LogP contribution < -0.4 is 0 Å². The molecule has 0 fully saturated rings. The largest absolute Gasteiger partial charge is 0.451 e. The van der Waals surface area contributed by atoms with Gasteiger partial charge >= 0.3 is 5.97 Å². The van der Waals surface area contributed by atoms with Crippen LogP contribution in [-0.4, -0.2) is 33.1 Å². The van der Waals surface area contributed by atoms with E-state index in [9.17, 15) is 9.59 Å². The molecular formula is C31H24ClN3O3. The van der Waals surface area contributed by atoms with Crippen molar-refractivity contribution in [3.63, 3.8) is 0 Å². The maximum Gasteiger partial charge on any atom is 0.378 e. The molecule has 0 bridgehead atoms. The van der Waals surface area contributed by atoms with Crippen molar-refractivity contribution in [2.75, 3.05) is 6.61 Å². The van der Waals surface area contributed by atoms with Crippen molar-refractivity contribution in [1.29, 1.82) is 0 Å². The average Bonchev–Trinajstić information content (AvgIpc) is 3.38. The molecule has 1 heterocycles. The fourth-order valence-corrected chi connectivity index (χ4v) is 4.28. The molecule has 0 spiro atoms. The van der Waals surface area contributed by atoms with Crippen LogP contribution in [0.3, 0.4) is 0 Å². The smallest absolute Gasteiger partial charge is 0.378 e. The minimum absolute atomic E-state index is 0.137. The molecule has 0 radical (unpaired) electrons. The summed E-state index contributed by atoms with van der Waals surface area (Å²) in [6.07, 6.45) is 0. The first-order chi connectivity index (χ1) is 18.4. The van der Waals surface area contributed by atoms with E-state index in [-0.39, 0.29) is 11.6 Å². The Morgan fingerprint density at radius 2 is 1.47 bits per heavy atom. The van der Waals surface area contributed by atoms with E-state index in [0.717, 1.165) is 33.5 Å². The van der Waals surface area contributed by atoms with Gasteiger partial charge in [-0.05, 0) is 60.9 Å². The maximum absolute atomic E-state index is 12.9. The van der Waals surface area contributed by atoms with Gasteiger partial charge in [0.05, 0.1) is 5.69 Å². The lowest BCUT2D eigenvalue weighted by molar-refractivity contribution is 0.0462. The highest BCUT2D eigenvalue weighted by Gasteiger charge is 2.22. The molecule has 6 nitrogen and oxygen atoms in total. The first-order valence-electron chi connectivity index (χ1n) is 12.1. The Balaban J connectivity index is 1.36. The third kappa shape index (κ3) is 5.41. The fourth-order valence-electron chi connectivity index (χ4n) is 4.15. The molecule has 0 unspecified atom stereocenters. The fraction of sp³-hybridized carbons (Fsp3) is 0.0968. The number of carbonyl (C=O) groups excluding carboxylic acids is 2. The Kier molecular flexibility index (Phi) is 7.15. The van der Waals surface area contributed by atoms with E-state index in [4.69, 9.17) is 16.3 Å².